The Hall–Kier alpha value is -0.0400. The second kappa shape index (κ2) is 4.27. The summed E-state index contributed by atoms with van der Waals surface area (Å²) in [6.45, 7) is 6.58. The van der Waals surface area contributed by atoms with Gasteiger partial charge in [-0.05, 0) is 37.5 Å². The molecule has 1 N–H and O–H groups in total. The van der Waals surface area contributed by atoms with Gasteiger partial charge in [0, 0.05) is 0 Å². The van der Waals surface area contributed by atoms with E-state index in [4.69, 9.17) is 0 Å². The molecule has 0 aromatic heterocycles. The van der Waals surface area contributed by atoms with Gasteiger partial charge in [0.25, 0.3) is 0 Å². The molecule has 1 aliphatic rings. The van der Waals surface area contributed by atoms with Crippen LogP contribution in [0.1, 0.15) is 46.5 Å². The Morgan fingerprint density at radius 3 is 2.58 bits per heavy atom. The van der Waals surface area contributed by atoms with Crippen molar-refractivity contribution in [2.24, 2.45) is 17.8 Å². The first-order valence-corrected chi connectivity index (χ1v) is 5.27. The van der Waals surface area contributed by atoms with Crippen molar-refractivity contribution >= 4 is 0 Å². The first kappa shape index (κ1) is 10.0. The van der Waals surface area contributed by atoms with E-state index in [1.54, 1.807) is 0 Å². The fraction of sp³-hybridized carbons (Fsp3) is 1.00. The summed E-state index contributed by atoms with van der Waals surface area (Å²) in [5.41, 5.74) is 0. The quantitative estimate of drug-likeness (QED) is 0.675. The van der Waals surface area contributed by atoms with E-state index in [2.05, 4.69) is 13.8 Å². The summed E-state index contributed by atoms with van der Waals surface area (Å²) in [5, 5.41) is 9.31. The van der Waals surface area contributed by atoms with Crippen LogP contribution in [0.2, 0.25) is 0 Å². The van der Waals surface area contributed by atoms with E-state index in [1.165, 1.54) is 19.3 Å². The summed E-state index contributed by atoms with van der Waals surface area (Å²) < 4.78 is 0. The number of hydrogen-bond donors (Lipinski definition) is 1. The van der Waals surface area contributed by atoms with Crippen LogP contribution in [0.5, 0.6) is 0 Å². The van der Waals surface area contributed by atoms with Crippen LogP contribution in [0, 0.1) is 17.8 Å². The SMILES string of the molecule is CC1CCC(C)[C@H](C[C@H](C)O)C1. The zero-order valence-electron chi connectivity index (χ0n) is 8.59. The van der Waals surface area contributed by atoms with Gasteiger partial charge in [-0.1, -0.05) is 26.7 Å². The van der Waals surface area contributed by atoms with Gasteiger partial charge in [-0.15, -0.1) is 0 Å². The van der Waals surface area contributed by atoms with Gasteiger partial charge in [0.05, 0.1) is 6.10 Å². The zero-order chi connectivity index (χ0) is 9.14. The summed E-state index contributed by atoms with van der Waals surface area (Å²) in [6, 6.07) is 0. The molecule has 0 radical (unpaired) electrons. The summed E-state index contributed by atoms with van der Waals surface area (Å²) >= 11 is 0. The normalized spacial score (nSPS) is 39.5. The predicted octanol–water partition coefficient (Wildman–Crippen LogP) is 2.83. The molecule has 1 fully saturated rings. The van der Waals surface area contributed by atoms with Crippen LogP contribution in [0.4, 0.5) is 0 Å². The van der Waals surface area contributed by atoms with Crippen molar-refractivity contribution in [2.75, 3.05) is 0 Å². The fourth-order valence-corrected chi connectivity index (χ4v) is 2.42. The Morgan fingerprint density at radius 2 is 2.00 bits per heavy atom. The van der Waals surface area contributed by atoms with Gasteiger partial charge in [0.1, 0.15) is 0 Å². The Kier molecular flexibility index (Phi) is 3.57. The molecule has 0 aliphatic heterocycles. The molecule has 0 bridgehead atoms. The van der Waals surface area contributed by atoms with Crippen molar-refractivity contribution in [3.05, 3.63) is 0 Å². The molecule has 12 heavy (non-hydrogen) atoms. The third kappa shape index (κ3) is 2.78. The summed E-state index contributed by atoms with van der Waals surface area (Å²) in [7, 11) is 0. The van der Waals surface area contributed by atoms with Crippen LogP contribution in [0.3, 0.4) is 0 Å². The smallest absolute Gasteiger partial charge is 0.0514 e. The monoisotopic (exact) mass is 170 g/mol. The van der Waals surface area contributed by atoms with Crippen molar-refractivity contribution in [1.29, 1.82) is 0 Å². The Labute approximate surface area is 76.2 Å². The Bertz CT molecular complexity index is 129. The lowest BCUT2D eigenvalue weighted by atomic mass is 9.73. The molecule has 1 saturated carbocycles. The molecule has 0 aromatic rings. The predicted molar refractivity (Wildman–Crippen MR) is 52.0 cm³/mol. The molecule has 2 unspecified atom stereocenters. The summed E-state index contributed by atoms with van der Waals surface area (Å²) in [6.07, 6.45) is 4.97. The molecule has 1 heteroatoms. The van der Waals surface area contributed by atoms with Crippen molar-refractivity contribution in [3.63, 3.8) is 0 Å². The molecule has 0 saturated heterocycles. The maximum absolute atomic E-state index is 9.31. The number of aliphatic hydroxyl groups excluding tert-OH is 1. The summed E-state index contributed by atoms with van der Waals surface area (Å²) in [5.74, 6) is 2.48. The van der Waals surface area contributed by atoms with Crippen LogP contribution in [-0.4, -0.2) is 11.2 Å². The number of aliphatic hydroxyl groups is 1. The van der Waals surface area contributed by atoms with Gasteiger partial charge < -0.3 is 5.11 Å². The topological polar surface area (TPSA) is 20.2 Å². The second-order valence-electron chi connectivity index (χ2n) is 4.74. The Morgan fingerprint density at radius 1 is 1.33 bits per heavy atom. The Balaban J connectivity index is 2.38. The highest BCUT2D eigenvalue weighted by Crippen LogP contribution is 2.35. The van der Waals surface area contributed by atoms with Crippen LogP contribution in [0.25, 0.3) is 0 Å². The van der Waals surface area contributed by atoms with E-state index in [9.17, 15) is 5.11 Å². The van der Waals surface area contributed by atoms with Gasteiger partial charge in [0.2, 0.25) is 0 Å². The molecule has 72 valence electrons. The fourth-order valence-electron chi connectivity index (χ4n) is 2.42. The van der Waals surface area contributed by atoms with Crippen molar-refractivity contribution in [2.45, 2.75) is 52.6 Å². The van der Waals surface area contributed by atoms with Crippen LogP contribution in [0.15, 0.2) is 0 Å². The molecule has 0 spiro atoms. The minimum Gasteiger partial charge on any atom is -0.393 e. The average molecular weight is 170 g/mol. The van der Waals surface area contributed by atoms with Crippen LogP contribution >= 0.6 is 0 Å². The van der Waals surface area contributed by atoms with E-state index < -0.39 is 0 Å². The molecule has 0 heterocycles. The van der Waals surface area contributed by atoms with Gasteiger partial charge in [-0.3, -0.25) is 0 Å². The highest BCUT2D eigenvalue weighted by molar-refractivity contribution is 4.77. The molecule has 0 amide bonds. The maximum Gasteiger partial charge on any atom is 0.0514 e. The lowest BCUT2D eigenvalue weighted by Crippen LogP contribution is -2.24. The standard InChI is InChI=1S/C11H22O/c1-8-4-5-9(2)11(6-8)7-10(3)12/h8-12H,4-7H2,1-3H3/t8?,9?,10-,11-/m0/s1. The van der Waals surface area contributed by atoms with E-state index >= 15 is 0 Å². The highest BCUT2D eigenvalue weighted by atomic mass is 16.3. The average Bonchev–Trinajstić information content (AvgIpc) is 1.96. The van der Waals surface area contributed by atoms with E-state index in [1.807, 2.05) is 6.92 Å². The first-order valence-electron chi connectivity index (χ1n) is 5.27. The van der Waals surface area contributed by atoms with Gasteiger partial charge in [0.15, 0.2) is 0 Å². The largest absolute Gasteiger partial charge is 0.393 e. The minimum absolute atomic E-state index is 0.109. The lowest BCUT2D eigenvalue weighted by Gasteiger charge is -2.33. The zero-order valence-corrected chi connectivity index (χ0v) is 8.59. The van der Waals surface area contributed by atoms with Gasteiger partial charge in [-0.25, -0.2) is 0 Å². The second-order valence-corrected chi connectivity index (χ2v) is 4.74. The molecule has 1 rings (SSSR count). The lowest BCUT2D eigenvalue weighted by molar-refractivity contribution is 0.108. The van der Waals surface area contributed by atoms with Crippen LogP contribution < -0.4 is 0 Å². The molecular weight excluding hydrogens is 148 g/mol. The number of rotatable bonds is 2. The van der Waals surface area contributed by atoms with Crippen molar-refractivity contribution < 1.29 is 5.11 Å². The van der Waals surface area contributed by atoms with Gasteiger partial charge in [-0.2, -0.15) is 0 Å². The molecule has 0 aromatic carbocycles. The highest BCUT2D eigenvalue weighted by Gasteiger charge is 2.25. The first-order chi connectivity index (χ1) is 5.59. The van der Waals surface area contributed by atoms with Crippen molar-refractivity contribution in [1.82, 2.24) is 0 Å². The molecule has 1 nitrogen and oxygen atoms in total. The third-order valence-electron chi connectivity index (χ3n) is 3.27. The van der Waals surface area contributed by atoms with Gasteiger partial charge >= 0.3 is 0 Å². The minimum atomic E-state index is -0.109. The maximum atomic E-state index is 9.31. The van der Waals surface area contributed by atoms with E-state index in [-0.39, 0.29) is 6.10 Å². The van der Waals surface area contributed by atoms with E-state index in [0.29, 0.717) is 0 Å². The molecular formula is C11H22O. The van der Waals surface area contributed by atoms with E-state index in [0.717, 1.165) is 24.2 Å². The van der Waals surface area contributed by atoms with Crippen molar-refractivity contribution in [3.8, 4) is 0 Å². The summed E-state index contributed by atoms with van der Waals surface area (Å²) in [4.78, 5) is 0. The number of hydrogen-bond acceptors (Lipinski definition) is 1. The molecule has 1 aliphatic carbocycles. The molecule has 4 atom stereocenters. The third-order valence-corrected chi connectivity index (χ3v) is 3.27. The van der Waals surface area contributed by atoms with Crippen LogP contribution in [-0.2, 0) is 0 Å².